The van der Waals surface area contributed by atoms with Gasteiger partial charge in [0.05, 0.1) is 0 Å². The standard InChI is InChI=1S/C12H13N3S/c1-9(13)10-4-2-3-5-11(10)16-12-6-7-14-8-15-12/h2-9H,13H2,1H3. The van der Waals surface area contributed by atoms with Gasteiger partial charge < -0.3 is 5.73 Å². The third-order valence-electron chi connectivity index (χ3n) is 2.18. The second-order valence-corrected chi connectivity index (χ2v) is 4.54. The van der Waals surface area contributed by atoms with Crippen LogP contribution in [0.3, 0.4) is 0 Å². The SMILES string of the molecule is CC(N)c1ccccc1Sc1ccncn1. The Hall–Kier alpha value is -1.39. The first-order chi connectivity index (χ1) is 7.77. The van der Waals surface area contributed by atoms with Crippen LogP contribution in [0.5, 0.6) is 0 Å². The van der Waals surface area contributed by atoms with Crippen molar-refractivity contribution in [3.05, 3.63) is 48.4 Å². The minimum absolute atomic E-state index is 0.0329. The maximum absolute atomic E-state index is 5.92. The van der Waals surface area contributed by atoms with Crippen LogP contribution in [0.2, 0.25) is 0 Å². The minimum atomic E-state index is 0.0329. The zero-order valence-corrected chi connectivity index (χ0v) is 9.82. The van der Waals surface area contributed by atoms with Gasteiger partial charge in [-0.1, -0.05) is 30.0 Å². The van der Waals surface area contributed by atoms with Crippen LogP contribution in [0, 0.1) is 0 Å². The lowest BCUT2D eigenvalue weighted by atomic mass is 10.1. The molecule has 1 atom stereocenters. The molecule has 0 saturated carbocycles. The van der Waals surface area contributed by atoms with Crippen molar-refractivity contribution in [2.45, 2.75) is 22.9 Å². The van der Waals surface area contributed by atoms with Crippen LogP contribution < -0.4 is 5.73 Å². The Morgan fingerprint density at radius 2 is 2.06 bits per heavy atom. The molecule has 0 amide bonds. The average molecular weight is 231 g/mol. The molecule has 16 heavy (non-hydrogen) atoms. The normalized spacial score (nSPS) is 12.4. The Labute approximate surface area is 99.1 Å². The third-order valence-corrected chi connectivity index (χ3v) is 3.22. The summed E-state index contributed by atoms with van der Waals surface area (Å²) < 4.78 is 0. The quantitative estimate of drug-likeness (QED) is 0.825. The molecular weight excluding hydrogens is 218 g/mol. The summed E-state index contributed by atoms with van der Waals surface area (Å²) in [6.45, 7) is 1.99. The molecule has 0 aliphatic carbocycles. The van der Waals surface area contributed by atoms with E-state index in [1.165, 1.54) is 0 Å². The number of hydrogen-bond donors (Lipinski definition) is 1. The van der Waals surface area contributed by atoms with Crippen molar-refractivity contribution in [1.82, 2.24) is 9.97 Å². The smallest absolute Gasteiger partial charge is 0.116 e. The third kappa shape index (κ3) is 2.59. The van der Waals surface area contributed by atoms with Gasteiger partial charge in [0.25, 0.3) is 0 Å². The number of nitrogens with zero attached hydrogens (tertiary/aromatic N) is 2. The van der Waals surface area contributed by atoms with Gasteiger partial charge in [-0.3, -0.25) is 0 Å². The topological polar surface area (TPSA) is 51.8 Å². The molecule has 0 radical (unpaired) electrons. The Bertz CT molecular complexity index is 457. The maximum atomic E-state index is 5.92. The van der Waals surface area contributed by atoms with Crippen LogP contribution >= 0.6 is 11.8 Å². The molecule has 1 heterocycles. The molecule has 1 aromatic carbocycles. The number of aromatic nitrogens is 2. The van der Waals surface area contributed by atoms with Crippen molar-refractivity contribution in [3.63, 3.8) is 0 Å². The molecule has 2 rings (SSSR count). The van der Waals surface area contributed by atoms with E-state index in [2.05, 4.69) is 16.0 Å². The number of hydrogen-bond acceptors (Lipinski definition) is 4. The Balaban J connectivity index is 2.28. The van der Waals surface area contributed by atoms with Crippen LogP contribution in [0.1, 0.15) is 18.5 Å². The van der Waals surface area contributed by atoms with Gasteiger partial charge in [0.1, 0.15) is 11.4 Å². The monoisotopic (exact) mass is 231 g/mol. The maximum Gasteiger partial charge on any atom is 0.116 e. The highest BCUT2D eigenvalue weighted by Gasteiger charge is 2.07. The second kappa shape index (κ2) is 5.09. The van der Waals surface area contributed by atoms with Gasteiger partial charge in [-0.15, -0.1) is 0 Å². The molecule has 82 valence electrons. The first kappa shape index (κ1) is 11.1. The van der Waals surface area contributed by atoms with Gasteiger partial charge in [-0.05, 0) is 24.6 Å². The van der Waals surface area contributed by atoms with Gasteiger partial charge in [0, 0.05) is 17.1 Å². The second-order valence-electron chi connectivity index (χ2n) is 3.48. The predicted octanol–water partition coefficient (Wildman–Crippen LogP) is 2.65. The van der Waals surface area contributed by atoms with Gasteiger partial charge in [-0.25, -0.2) is 9.97 Å². The number of benzene rings is 1. The molecular formula is C12H13N3S. The summed E-state index contributed by atoms with van der Waals surface area (Å²) in [4.78, 5) is 9.23. The fraction of sp³-hybridized carbons (Fsp3) is 0.167. The van der Waals surface area contributed by atoms with Gasteiger partial charge in [0.15, 0.2) is 0 Å². The lowest BCUT2D eigenvalue weighted by Crippen LogP contribution is -2.06. The summed E-state index contributed by atoms with van der Waals surface area (Å²) >= 11 is 1.61. The van der Waals surface area contributed by atoms with E-state index in [1.807, 2.05) is 31.2 Å². The van der Waals surface area contributed by atoms with Crippen LogP contribution in [0.4, 0.5) is 0 Å². The fourth-order valence-electron chi connectivity index (χ4n) is 1.40. The highest BCUT2D eigenvalue weighted by atomic mass is 32.2. The molecule has 3 nitrogen and oxygen atoms in total. The summed E-state index contributed by atoms with van der Waals surface area (Å²) in [6.07, 6.45) is 3.29. The lowest BCUT2D eigenvalue weighted by molar-refractivity contribution is 0.797. The van der Waals surface area contributed by atoms with Gasteiger partial charge in [0.2, 0.25) is 0 Å². The largest absolute Gasteiger partial charge is 0.324 e. The van der Waals surface area contributed by atoms with Crippen molar-refractivity contribution in [2.24, 2.45) is 5.73 Å². The molecule has 0 aliphatic heterocycles. The fourth-order valence-corrected chi connectivity index (χ4v) is 2.37. The van der Waals surface area contributed by atoms with Crippen LogP contribution in [-0.2, 0) is 0 Å². The van der Waals surface area contributed by atoms with Crippen molar-refractivity contribution in [3.8, 4) is 0 Å². The van der Waals surface area contributed by atoms with E-state index in [-0.39, 0.29) is 6.04 Å². The van der Waals surface area contributed by atoms with Crippen molar-refractivity contribution in [2.75, 3.05) is 0 Å². The highest BCUT2D eigenvalue weighted by molar-refractivity contribution is 7.99. The lowest BCUT2D eigenvalue weighted by Gasteiger charge is -2.11. The van der Waals surface area contributed by atoms with Crippen LogP contribution in [0.15, 0.2) is 52.8 Å². The molecule has 1 aromatic heterocycles. The summed E-state index contributed by atoms with van der Waals surface area (Å²) in [7, 11) is 0. The summed E-state index contributed by atoms with van der Waals surface area (Å²) in [5, 5.41) is 0.933. The van der Waals surface area contributed by atoms with Crippen LogP contribution in [0.25, 0.3) is 0 Å². The van der Waals surface area contributed by atoms with Crippen molar-refractivity contribution >= 4 is 11.8 Å². The summed E-state index contributed by atoms with van der Waals surface area (Å²) in [5.74, 6) is 0. The molecule has 0 bridgehead atoms. The number of rotatable bonds is 3. The van der Waals surface area contributed by atoms with E-state index >= 15 is 0 Å². The summed E-state index contributed by atoms with van der Waals surface area (Å²) in [5.41, 5.74) is 7.07. The molecule has 0 aliphatic rings. The molecule has 0 saturated heterocycles. The predicted molar refractivity (Wildman–Crippen MR) is 65.2 cm³/mol. The molecule has 0 fully saturated rings. The van der Waals surface area contributed by atoms with E-state index in [4.69, 9.17) is 5.73 Å². The summed E-state index contributed by atoms with van der Waals surface area (Å²) in [6, 6.07) is 10.0. The zero-order valence-electron chi connectivity index (χ0n) is 9.00. The molecule has 0 spiro atoms. The van der Waals surface area contributed by atoms with Crippen LogP contribution in [-0.4, -0.2) is 9.97 Å². The molecule has 2 N–H and O–H groups in total. The average Bonchev–Trinajstić information content (AvgIpc) is 2.31. The Kier molecular flexibility index (Phi) is 3.54. The minimum Gasteiger partial charge on any atom is -0.324 e. The van der Waals surface area contributed by atoms with E-state index in [0.29, 0.717) is 0 Å². The Morgan fingerprint density at radius 3 is 2.75 bits per heavy atom. The first-order valence-corrected chi connectivity index (χ1v) is 5.87. The van der Waals surface area contributed by atoms with E-state index in [1.54, 1.807) is 24.3 Å². The van der Waals surface area contributed by atoms with E-state index in [0.717, 1.165) is 15.5 Å². The zero-order chi connectivity index (χ0) is 11.4. The molecule has 1 unspecified atom stereocenters. The van der Waals surface area contributed by atoms with Crippen molar-refractivity contribution < 1.29 is 0 Å². The van der Waals surface area contributed by atoms with E-state index < -0.39 is 0 Å². The Morgan fingerprint density at radius 1 is 1.25 bits per heavy atom. The number of nitrogens with two attached hydrogens (primary N) is 1. The van der Waals surface area contributed by atoms with Gasteiger partial charge in [-0.2, -0.15) is 0 Å². The molecule has 4 heteroatoms. The van der Waals surface area contributed by atoms with Crippen molar-refractivity contribution in [1.29, 1.82) is 0 Å². The first-order valence-electron chi connectivity index (χ1n) is 5.06. The van der Waals surface area contributed by atoms with Gasteiger partial charge >= 0.3 is 0 Å². The molecule has 2 aromatic rings. The van der Waals surface area contributed by atoms with E-state index in [9.17, 15) is 0 Å². The highest BCUT2D eigenvalue weighted by Crippen LogP contribution is 2.30.